The Hall–Kier alpha value is -1.61. The second kappa shape index (κ2) is 4.25. The second-order valence-electron chi connectivity index (χ2n) is 4.06. The van der Waals surface area contributed by atoms with Crippen LogP contribution >= 0.6 is 0 Å². The highest BCUT2D eigenvalue weighted by Crippen LogP contribution is 2.34. The molecule has 18 heavy (non-hydrogen) atoms. The topological polar surface area (TPSA) is 130 Å². The Bertz CT molecular complexity index is 525. The first-order valence-electron chi connectivity index (χ1n) is 5.11. The van der Waals surface area contributed by atoms with Crippen molar-refractivity contribution in [1.29, 1.82) is 0 Å². The molecule has 2 aliphatic heterocycles. The van der Waals surface area contributed by atoms with Gasteiger partial charge in [-0.05, 0) is 12.8 Å². The fourth-order valence-corrected chi connectivity index (χ4v) is 2.67. The molecule has 2 rings (SSSR count). The number of carbonyl (C=O) groups excluding carboxylic acids is 2. The smallest absolute Gasteiger partial charge is 0.368 e. The lowest BCUT2D eigenvalue weighted by Crippen LogP contribution is -2.46. The largest absolute Gasteiger partial charge is 0.418 e. The van der Waals surface area contributed by atoms with Gasteiger partial charge >= 0.3 is 10.4 Å². The number of primary amides is 1. The van der Waals surface area contributed by atoms with Crippen molar-refractivity contribution in [2.75, 3.05) is 6.54 Å². The third-order valence-electron chi connectivity index (χ3n) is 2.96. The van der Waals surface area contributed by atoms with Crippen LogP contribution in [0.5, 0.6) is 0 Å². The van der Waals surface area contributed by atoms with Gasteiger partial charge in [-0.3, -0.25) is 9.35 Å². The van der Waals surface area contributed by atoms with Gasteiger partial charge in [-0.1, -0.05) is 0 Å². The molecule has 10 heteroatoms. The minimum Gasteiger partial charge on any atom is -0.368 e. The van der Waals surface area contributed by atoms with Crippen LogP contribution in [0.25, 0.3) is 0 Å². The molecule has 2 bridgehead atoms. The first kappa shape index (κ1) is 12.8. The molecule has 2 heterocycles. The maximum Gasteiger partial charge on any atom is 0.418 e. The molecule has 0 spiro atoms. The van der Waals surface area contributed by atoms with Gasteiger partial charge in [0.05, 0.1) is 6.04 Å². The van der Waals surface area contributed by atoms with E-state index in [-0.39, 0.29) is 12.4 Å². The molecule has 100 valence electrons. The van der Waals surface area contributed by atoms with Gasteiger partial charge in [0.2, 0.25) is 11.7 Å². The van der Waals surface area contributed by atoms with Gasteiger partial charge in [0.1, 0.15) is 6.04 Å². The summed E-state index contributed by atoms with van der Waals surface area (Å²) < 4.78 is 34.3. The van der Waals surface area contributed by atoms with Gasteiger partial charge in [0.15, 0.2) is 5.94 Å². The van der Waals surface area contributed by atoms with E-state index in [1.807, 2.05) is 0 Å². The monoisotopic (exact) mass is 277 g/mol. The lowest BCUT2D eigenvalue weighted by atomic mass is 10.0. The molecule has 0 radical (unpaired) electrons. The molecule has 0 aromatic carbocycles. The zero-order valence-corrected chi connectivity index (χ0v) is 9.96. The van der Waals surface area contributed by atoms with Gasteiger partial charge in [0, 0.05) is 6.54 Å². The minimum atomic E-state index is -4.74. The average molecular weight is 277 g/mol. The first-order chi connectivity index (χ1) is 8.33. The molecule has 0 aromatic rings. The number of hydrogen-bond donors (Lipinski definition) is 2. The van der Waals surface area contributed by atoms with Crippen molar-refractivity contribution < 1.29 is 26.8 Å². The summed E-state index contributed by atoms with van der Waals surface area (Å²) in [6, 6.07) is -1.15. The van der Waals surface area contributed by atoms with E-state index < -0.39 is 28.4 Å². The number of amides is 1. The summed E-state index contributed by atoms with van der Waals surface area (Å²) in [5.41, 5.74) is 5.19. The molecule has 2 fully saturated rings. The highest BCUT2D eigenvalue weighted by molar-refractivity contribution is 7.80. The quantitative estimate of drug-likeness (QED) is 0.448. The summed E-state index contributed by atoms with van der Waals surface area (Å²) in [5.74, 6) is 0.636. The van der Waals surface area contributed by atoms with Crippen molar-refractivity contribution in [2.45, 2.75) is 24.9 Å². The Kier molecular flexibility index (Phi) is 3.03. The summed E-state index contributed by atoms with van der Waals surface area (Å²) in [5, 5.41) is 0.755. The summed E-state index contributed by atoms with van der Waals surface area (Å²) >= 11 is 0. The van der Waals surface area contributed by atoms with Crippen molar-refractivity contribution in [1.82, 2.24) is 9.96 Å². The molecule has 0 unspecified atom stereocenters. The number of fused-ring (bicyclic) bond motifs is 2. The van der Waals surface area contributed by atoms with Crippen LogP contribution in [0.4, 0.5) is 0 Å². The van der Waals surface area contributed by atoms with Crippen LogP contribution < -0.4 is 5.73 Å². The van der Waals surface area contributed by atoms with Gasteiger partial charge in [-0.25, -0.2) is 9.86 Å². The Balaban J connectivity index is 2.31. The SMILES string of the molecule is NC(=O)[C@@H]1CC[C@@H]2CN1C(=C=O)N2OS(=O)(=O)O. The molecule has 9 nitrogen and oxygen atoms in total. The zero-order valence-electron chi connectivity index (χ0n) is 9.14. The Labute approximate surface area is 103 Å². The molecule has 3 N–H and O–H groups in total. The highest BCUT2D eigenvalue weighted by Gasteiger charge is 2.47. The lowest BCUT2D eigenvalue weighted by molar-refractivity contribution is -0.123. The Morgan fingerprint density at radius 2 is 2.17 bits per heavy atom. The molecule has 2 aliphatic rings. The normalized spacial score (nSPS) is 27.3. The van der Waals surface area contributed by atoms with Crippen LogP contribution in [0.1, 0.15) is 12.8 Å². The third-order valence-corrected chi connectivity index (χ3v) is 3.31. The molecule has 0 saturated carbocycles. The van der Waals surface area contributed by atoms with E-state index in [1.165, 1.54) is 10.8 Å². The number of piperidine rings is 1. The Morgan fingerprint density at radius 3 is 2.67 bits per heavy atom. The molecule has 2 atom stereocenters. The van der Waals surface area contributed by atoms with Crippen molar-refractivity contribution in [3.8, 4) is 0 Å². The number of rotatable bonds is 3. The van der Waals surface area contributed by atoms with Crippen LogP contribution in [-0.2, 0) is 24.3 Å². The molecule has 0 aliphatic carbocycles. The predicted molar refractivity (Wildman–Crippen MR) is 56.4 cm³/mol. The number of hydrogen-bond acceptors (Lipinski definition) is 7. The predicted octanol–water partition coefficient (Wildman–Crippen LogP) is -1.97. The molecule has 0 aromatic heterocycles. The summed E-state index contributed by atoms with van der Waals surface area (Å²) in [6.45, 7) is 0.216. The van der Waals surface area contributed by atoms with Crippen LogP contribution in [-0.4, -0.2) is 53.4 Å². The number of nitrogens with two attached hydrogens (primary N) is 1. The van der Waals surface area contributed by atoms with Crippen LogP contribution in [0, 0.1) is 0 Å². The summed E-state index contributed by atoms with van der Waals surface area (Å²) in [7, 11) is -4.74. The van der Waals surface area contributed by atoms with E-state index in [0.717, 1.165) is 5.06 Å². The maximum absolute atomic E-state index is 11.2. The van der Waals surface area contributed by atoms with Crippen molar-refractivity contribution >= 4 is 22.2 Å². The Morgan fingerprint density at radius 1 is 1.50 bits per heavy atom. The van der Waals surface area contributed by atoms with Crippen molar-refractivity contribution in [2.24, 2.45) is 5.73 Å². The van der Waals surface area contributed by atoms with E-state index >= 15 is 0 Å². The highest BCUT2D eigenvalue weighted by atomic mass is 32.3. The van der Waals surface area contributed by atoms with E-state index in [0.29, 0.717) is 12.8 Å². The molecular formula is C8H11N3O6S. The maximum atomic E-state index is 11.2. The van der Waals surface area contributed by atoms with Crippen molar-refractivity contribution in [3.05, 3.63) is 5.82 Å². The number of nitrogens with zero attached hydrogens (tertiary/aromatic N) is 2. The first-order valence-corrected chi connectivity index (χ1v) is 6.47. The minimum absolute atomic E-state index is 0.216. The van der Waals surface area contributed by atoms with E-state index in [1.54, 1.807) is 0 Å². The number of carbonyl (C=O) groups is 1. The van der Waals surface area contributed by atoms with Gasteiger partial charge < -0.3 is 10.6 Å². The van der Waals surface area contributed by atoms with Gasteiger partial charge in [0.25, 0.3) is 0 Å². The van der Waals surface area contributed by atoms with Crippen LogP contribution in [0.15, 0.2) is 5.82 Å². The van der Waals surface area contributed by atoms with Gasteiger partial charge in [-0.2, -0.15) is 8.42 Å². The van der Waals surface area contributed by atoms with E-state index in [9.17, 15) is 18.0 Å². The lowest BCUT2D eigenvalue weighted by Gasteiger charge is -2.28. The summed E-state index contributed by atoms with van der Waals surface area (Å²) in [4.78, 5) is 23.4. The number of hydroxylamine groups is 2. The van der Waals surface area contributed by atoms with Crippen LogP contribution in [0.3, 0.4) is 0 Å². The fourth-order valence-electron chi connectivity index (χ4n) is 2.27. The zero-order chi connectivity index (χ0) is 13.5. The summed E-state index contributed by atoms with van der Waals surface area (Å²) in [6.07, 6.45) is 0.779. The standard InChI is InChI=1S/C8H11N3O6S/c9-8(13)6-2-1-5-3-10(6)7(4-12)11(5)17-18(14,15)16/h5-6H,1-3H2,(H2,9,13)(H,14,15,16)/t5-,6+/m1/s1. The fraction of sp³-hybridized carbons (Fsp3) is 0.625. The van der Waals surface area contributed by atoms with Gasteiger partial charge in [-0.15, -0.1) is 4.28 Å². The third kappa shape index (κ3) is 2.18. The molecule has 2 saturated heterocycles. The van der Waals surface area contributed by atoms with E-state index in [2.05, 4.69) is 4.28 Å². The second-order valence-corrected chi connectivity index (χ2v) is 5.06. The molecule has 1 amide bonds. The van der Waals surface area contributed by atoms with E-state index in [4.69, 9.17) is 10.3 Å². The van der Waals surface area contributed by atoms with Crippen molar-refractivity contribution in [3.63, 3.8) is 0 Å². The molecular weight excluding hydrogens is 266 g/mol. The average Bonchev–Trinajstić information content (AvgIpc) is 2.49. The van der Waals surface area contributed by atoms with Crippen LogP contribution in [0.2, 0.25) is 0 Å².